The van der Waals surface area contributed by atoms with Gasteiger partial charge >= 0.3 is 0 Å². The standard InChI is InChI=1S/C16H19BrN2O/c1-4-18-12(3)13-7-8-19-16(10-13)20-15-6-5-11(2)9-14(15)17/h5-10,12,18H,4H2,1-3H3. The molecular formula is C16H19BrN2O. The third-order valence-electron chi connectivity index (χ3n) is 3.07. The average molecular weight is 335 g/mol. The first-order valence-corrected chi connectivity index (χ1v) is 7.52. The number of benzene rings is 1. The van der Waals surface area contributed by atoms with Crippen molar-refractivity contribution in [3.63, 3.8) is 0 Å². The van der Waals surface area contributed by atoms with Crippen LogP contribution >= 0.6 is 15.9 Å². The van der Waals surface area contributed by atoms with Crippen LogP contribution in [0.4, 0.5) is 0 Å². The van der Waals surface area contributed by atoms with Crippen molar-refractivity contribution in [2.45, 2.75) is 26.8 Å². The van der Waals surface area contributed by atoms with Gasteiger partial charge in [-0.3, -0.25) is 0 Å². The smallest absolute Gasteiger partial charge is 0.219 e. The Labute approximate surface area is 128 Å². The van der Waals surface area contributed by atoms with Gasteiger partial charge in [-0.25, -0.2) is 4.98 Å². The molecule has 0 saturated heterocycles. The molecule has 20 heavy (non-hydrogen) atoms. The molecule has 2 rings (SSSR count). The molecule has 0 radical (unpaired) electrons. The Morgan fingerprint density at radius 3 is 2.80 bits per heavy atom. The number of rotatable bonds is 5. The number of hydrogen-bond donors (Lipinski definition) is 1. The third-order valence-corrected chi connectivity index (χ3v) is 3.69. The van der Waals surface area contributed by atoms with Crippen molar-refractivity contribution in [1.82, 2.24) is 10.3 Å². The Hall–Kier alpha value is -1.39. The van der Waals surface area contributed by atoms with Gasteiger partial charge in [0, 0.05) is 18.3 Å². The molecule has 0 spiro atoms. The zero-order valence-corrected chi connectivity index (χ0v) is 13.6. The van der Waals surface area contributed by atoms with Crippen molar-refractivity contribution in [3.8, 4) is 11.6 Å². The molecule has 1 aromatic carbocycles. The Balaban J connectivity index is 2.19. The molecule has 4 heteroatoms. The maximum absolute atomic E-state index is 5.85. The second kappa shape index (κ2) is 6.86. The molecule has 0 fully saturated rings. The normalized spacial score (nSPS) is 12.2. The number of hydrogen-bond acceptors (Lipinski definition) is 3. The number of aryl methyl sites for hydroxylation is 1. The Morgan fingerprint density at radius 1 is 1.30 bits per heavy atom. The number of aromatic nitrogens is 1. The molecule has 0 aliphatic heterocycles. The van der Waals surface area contributed by atoms with Crippen LogP contribution in [0, 0.1) is 6.92 Å². The lowest BCUT2D eigenvalue weighted by Crippen LogP contribution is -2.17. The molecule has 0 aliphatic carbocycles. The van der Waals surface area contributed by atoms with Gasteiger partial charge in [0.1, 0.15) is 5.75 Å². The first-order chi connectivity index (χ1) is 9.60. The topological polar surface area (TPSA) is 34.2 Å². The summed E-state index contributed by atoms with van der Waals surface area (Å²) in [6, 6.07) is 10.3. The Bertz CT molecular complexity index is 586. The van der Waals surface area contributed by atoms with Crippen LogP contribution in [0.5, 0.6) is 11.6 Å². The van der Waals surface area contributed by atoms with Crippen LogP contribution in [0.3, 0.4) is 0 Å². The minimum Gasteiger partial charge on any atom is -0.438 e. The highest BCUT2D eigenvalue weighted by atomic mass is 79.9. The molecule has 3 nitrogen and oxygen atoms in total. The average Bonchev–Trinajstić information content (AvgIpc) is 2.43. The van der Waals surface area contributed by atoms with Crippen LogP contribution in [0.1, 0.15) is 31.0 Å². The van der Waals surface area contributed by atoms with E-state index in [-0.39, 0.29) is 6.04 Å². The Kier molecular flexibility index (Phi) is 5.15. The van der Waals surface area contributed by atoms with E-state index in [1.165, 1.54) is 11.1 Å². The van der Waals surface area contributed by atoms with Crippen LogP contribution in [-0.2, 0) is 0 Å². The second-order valence-electron chi connectivity index (χ2n) is 4.74. The zero-order valence-electron chi connectivity index (χ0n) is 12.0. The summed E-state index contributed by atoms with van der Waals surface area (Å²) >= 11 is 3.51. The van der Waals surface area contributed by atoms with Crippen molar-refractivity contribution in [2.75, 3.05) is 6.54 Å². The maximum Gasteiger partial charge on any atom is 0.219 e. The van der Waals surface area contributed by atoms with Gasteiger partial charge in [-0.1, -0.05) is 13.0 Å². The van der Waals surface area contributed by atoms with E-state index in [0.717, 1.165) is 16.8 Å². The Morgan fingerprint density at radius 2 is 2.10 bits per heavy atom. The molecule has 0 bridgehead atoms. The van der Waals surface area contributed by atoms with Gasteiger partial charge in [0.25, 0.3) is 0 Å². The van der Waals surface area contributed by atoms with Gasteiger partial charge in [-0.15, -0.1) is 0 Å². The third kappa shape index (κ3) is 3.81. The van der Waals surface area contributed by atoms with E-state index in [1.807, 2.05) is 37.3 Å². The first-order valence-electron chi connectivity index (χ1n) is 6.73. The molecule has 1 N–H and O–H groups in total. The van der Waals surface area contributed by atoms with E-state index in [4.69, 9.17) is 4.74 Å². The second-order valence-corrected chi connectivity index (χ2v) is 5.60. The van der Waals surface area contributed by atoms with Gasteiger partial charge in [0.15, 0.2) is 0 Å². The molecule has 1 aromatic heterocycles. The molecule has 2 aromatic rings. The molecule has 0 aliphatic rings. The van der Waals surface area contributed by atoms with Crippen LogP contribution < -0.4 is 10.1 Å². The summed E-state index contributed by atoms with van der Waals surface area (Å²) < 4.78 is 6.78. The van der Waals surface area contributed by atoms with Gasteiger partial charge in [-0.2, -0.15) is 0 Å². The summed E-state index contributed by atoms with van der Waals surface area (Å²) in [5.41, 5.74) is 2.35. The first kappa shape index (κ1) is 15.0. The fourth-order valence-corrected chi connectivity index (χ4v) is 2.55. The fraction of sp³-hybridized carbons (Fsp3) is 0.312. The van der Waals surface area contributed by atoms with Crippen LogP contribution in [0.25, 0.3) is 0 Å². The molecule has 0 amide bonds. The number of ether oxygens (including phenoxy) is 1. The van der Waals surface area contributed by atoms with Gasteiger partial charge in [-0.05, 0) is 65.6 Å². The zero-order chi connectivity index (χ0) is 14.5. The summed E-state index contributed by atoms with van der Waals surface area (Å²) in [5, 5.41) is 3.38. The van der Waals surface area contributed by atoms with Crippen molar-refractivity contribution >= 4 is 15.9 Å². The van der Waals surface area contributed by atoms with Gasteiger partial charge < -0.3 is 10.1 Å². The lowest BCUT2D eigenvalue weighted by molar-refractivity contribution is 0.457. The van der Waals surface area contributed by atoms with Crippen LogP contribution in [0.15, 0.2) is 41.0 Å². The van der Waals surface area contributed by atoms with Crippen LogP contribution in [0.2, 0.25) is 0 Å². The van der Waals surface area contributed by atoms with E-state index in [0.29, 0.717) is 5.88 Å². The molecule has 1 unspecified atom stereocenters. The number of nitrogens with zero attached hydrogens (tertiary/aromatic N) is 1. The van der Waals surface area contributed by atoms with E-state index in [9.17, 15) is 0 Å². The van der Waals surface area contributed by atoms with Gasteiger partial charge in [0.2, 0.25) is 5.88 Å². The minimum atomic E-state index is 0.284. The highest BCUT2D eigenvalue weighted by Crippen LogP contribution is 2.30. The number of pyridine rings is 1. The predicted molar refractivity (Wildman–Crippen MR) is 85.3 cm³/mol. The number of halogens is 1. The molecule has 1 heterocycles. The van der Waals surface area contributed by atoms with E-state index < -0.39 is 0 Å². The monoisotopic (exact) mass is 334 g/mol. The summed E-state index contributed by atoms with van der Waals surface area (Å²) in [6.07, 6.45) is 1.78. The van der Waals surface area contributed by atoms with E-state index in [2.05, 4.69) is 40.1 Å². The lowest BCUT2D eigenvalue weighted by Gasteiger charge is -2.14. The summed E-state index contributed by atoms with van der Waals surface area (Å²) in [4.78, 5) is 4.27. The fourth-order valence-electron chi connectivity index (χ4n) is 1.98. The quantitative estimate of drug-likeness (QED) is 0.866. The van der Waals surface area contributed by atoms with Crippen LogP contribution in [-0.4, -0.2) is 11.5 Å². The number of nitrogens with one attached hydrogen (secondary N) is 1. The molecule has 0 saturated carbocycles. The maximum atomic E-state index is 5.85. The summed E-state index contributed by atoms with van der Waals surface area (Å²) in [6.45, 7) is 7.21. The largest absolute Gasteiger partial charge is 0.438 e. The minimum absolute atomic E-state index is 0.284. The highest BCUT2D eigenvalue weighted by molar-refractivity contribution is 9.10. The van der Waals surface area contributed by atoms with Crippen molar-refractivity contribution < 1.29 is 4.74 Å². The van der Waals surface area contributed by atoms with Crippen molar-refractivity contribution in [3.05, 3.63) is 52.1 Å². The molecule has 106 valence electrons. The summed E-state index contributed by atoms with van der Waals surface area (Å²) in [7, 11) is 0. The predicted octanol–water partition coefficient (Wildman–Crippen LogP) is 4.62. The lowest BCUT2D eigenvalue weighted by atomic mass is 10.1. The molecule has 1 atom stereocenters. The van der Waals surface area contributed by atoms with Crippen molar-refractivity contribution in [1.29, 1.82) is 0 Å². The van der Waals surface area contributed by atoms with Crippen molar-refractivity contribution in [2.24, 2.45) is 0 Å². The molecular weight excluding hydrogens is 316 g/mol. The van der Waals surface area contributed by atoms with Gasteiger partial charge in [0.05, 0.1) is 4.47 Å². The summed E-state index contributed by atoms with van der Waals surface area (Å²) in [5.74, 6) is 1.38. The van der Waals surface area contributed by atoms with E-state index in [1.54, 1.807) is 6.20 Å². The highest BCUT2D eigenvalue weighted by Gasteiger charge is 2.08. The SMILES string of the molecule is CCNC(C)c1ccnc(Oc2ccc(C)cc2Br)c1. The van der Waals surface area contributed by atoms with E-state index >= 15 is 0 Å².